The lowest BCUT2D eigenvalue weighted by atomic mass is 9.95. The molecule has 6 nitrogen and oxygen atoms in total. The van der Waals surface area contributed by atoms with Crippen LogP contribution in [0.4, 0.5) is 0 Å². The van der Waals surface area contributed by atoms with Gasteiger partial charge in [0.15, 0.2) is 5.65 Å². The van der Waals surface area contributed by atoms with E-state index in [1.54, 1.807) is 18.3 Å². The number of aromatic nitrogens is 3. The SMILES string of the molecule is Cl.N[C@@H]1CN(Cc2cc(=O)n3[nH]ccc3n2)C[C@H]1c1ccccc1. The summed E-state index contributed by atoms with van der Waals surface area (Å²) in [4.78, 5) is 18.8. The van der Waals surface area contributed by atoms with Gasteiger partial charge in [0.25, 0.3) is 5.56 Å². The fraction of sp³-hybridized carbons (Fsp3) is 0.294. The van der Waals surface area contributed by atoms with Gasteiger partial charge in [-0.1, -0.05) is 30.3 Å². The Morgan fingerprint density at radius 1 is 1.21 bits per heavy atom. The molecule has 3 heterocycles. The average molecular weight is 346 g/mol. The summed E-state index contributed by atoms with van der Waals surface area (Å²) in [5.41, 5.74) is 8.95. The van der Waals surface area contributed by atoms with Crippen molar-refractivity contribution in [3.8, 4) is 0 Å². The minimum atomic E-state index is -0.0851. The van der Waals surface area contributed by atoms with E-state index >= 15 is 0 Å². The summed E-state index contributed by atoms with van der Waals surface area (Å²) in [6.07, 6.45) is 1.71. The summed E-state index contributed by atoms with van der Waals surface area (Å²) < 4.78 is 1.44. The maximum absolute atomic E-state index is 12.0. The molecular weight excluding hydrogens is 326 g/mol. The quantitative estimate of drug-likeness (QED) is 0.751. The molecule has 0 saturated carbocycles. The summed E-state index contributed by atoms with van der Waals surface area (Å²) in [7, 11) is 0. The summed E-state index contributed by atoms with van der Waals surface area (Å²) >= 11 is 0. The van der Waals surface area contributed by atoms with Gasteiger partial charge in [0, 0.05) is 49.9 Å². The molecule has 0 aliphatic carbocycles. The number of H-pyrrole nitrogens is 1. The molecule has 24 heavy (non-hydrogen) atoms. The number of aromatic amines is 1. The number of nitrogens with two attached hydrogens (primary N) is 1. The number of nitrogens with zero attached hydrogens (tertiary/aromatic N) is 3. The van der Waals surface area contributed by atoms with E-state index in [4.69, 9.17) is 5.73 Å². The van der Waals surface area contributed by atoms with Crippen LogP contribution >= 0.6 is 12.4 Å². The minimum absolute atomic E-state index is 0. The highest BCUT2D eigenvalue weighted by molar-refractivity contribution is 5.85. The molecule has 1 fully saturated rings. The third-order valence-corrected chi connectivity index (χ3v) is 4.49. The zero-order valence-electron chi connectivity index (χ0n) is 13.1. The lowest BCUT2D eigenvalue weighted by Gasteiger charge is -2.15. The second-order valence-electron chi connectivity index (χ2n) is 6.12. The predicted octanol–water partition coefficient (Wildman–Crippen LogP) is 1.37. The number of rotatable bonds is 3. The minimum Gasteiger partial charge on any atom is -0.326 e. The number of benzene rings is 1. The Morgan fingerprint density at radius 2 is 2.00 bits per heavy atom. The second-order valence-corrected chi connectivity index (χ2v) is 6.12. The standard InChI is InChI=1S/C17H19N5O.ClH/c18-15-11-21(10-14(15)12-4-2-1-3-5-12)9-13-8-17(23)22-16(20-13)6-7-19-22;/h1-8,14-15,19H,9-11,18H2;1H/t14-,15+;/m0./s1. The van der Waals surface area contributed by atoms with Crippen LogP contribution in [0.25, 0.3) is 5.65 Å². The zero-order valence-corrected chi connectivity index (χ0v) is 13.9. The highest BCUT2D eigenvalue weighted by Crippen LogP contribution is 2.27. The van der Waals surface area contributed by atoms with Crippen molar-refractivity contribution >= 4 is 18.1 Å². The van der Waals surface area contributed by atoms with E-state index < -0.39 is 0 Å². The number of nitrogens with one attached hydrogen (secondary N) is 1. The van der Waals surface area contributed by atoms with Crippen molar-refractivity contribution in [1.82, 2.24) is 19.5 Å². The van der Waals surface area contributed by atoms with Crippen molar-refractivity contribution in [2.24, 2.45) is 5.73 Å². The van der Waals surface area contributed by atoms with E-state index in [1.807, 2.05) is 18.2 Å². The van der Waals surface area contributed by atoms with Gasteiger partial charge in [-0.2, -0.15) is 0 Å². The third kappa shape index (κ3) is 3.08. The second kappa shape index (κ2) is 6.76. The Kier molecular flexibility index (Phi) is 4.71. The number of hydrogen-bond acceptors (Lipinski definition) is 4. The highest BCUT2D eigenvalue weighted by Gasteiger charge is 2.31. The maximum atomic E-state index is 12.0. The average Bonchev–Trinajstić information content (AvgIpc) is 3.15. The molecule has 0 radical (unpaired) electrons. The first-order chi connectivity index (χ1) is 11.2. The molecule has 2 atom stereocenters. The van der Waals surface area contributed by atoms with Crippen LogP contribution in [0.5, 0.6) is 0 Å². The van der Waals surface area contributed by atoms with Crippen LogP contribution in [0.3, 0.4) is 0 Å². The van der Waals surface area contributed by atoms with Crippen LogP contribution in [-0.4, -0.2) is 38.6 Å². The normalized spacial score (nSPS) is 21.0. The van der Waals surface area contributed by atoms with Gasteiger partial charge in [-0.15, -0.1) is 12.4 Å². The molecule has 126 valence electrons. The lowest BCUT2D eigenvalue weighted by molar-refractivity contribution is 0.319. The van der Waals surface area contributed by atoms with E-state index in [0.717, 1.165) is 18.8 Å². The Hall–Kier alpha value is -2.15. The molecule has 0 spiro atoms. The number of hydrogen-bond donors (Lipinski definition) is 2. The fourth-order valence-corrected chi connectivity index (χ4v) is 3.38. The van der Waals surface area contributed by atoms with Gasteiger partial charge in [0.1, 0.15) is 0 Å². The molecule has 1 aliphatic rings. The molecule has 4 rings (SSSR count). The maximum Gasteiger partial charge on any atom is 0.272 e. The smallest absolute Gasteiger partial charge is 0.272 e. The van der Waals surface area contributed by atoms with Crippen molar-refractivity contribution in [2.75, 3.05) is 13.1 Å². The van der Waals surface area contributed by atoms with Gasteiger partial charge in [-0.05, 0) is 5.56 Å². The van der Waals surface area contributed by atoms with Crippen LogP contribution in [0.1, 0.15) is 17.2 Å². The summed E-state index contributed by atoms with van der Waals surface area (Å²) in [5.74, 6) is 0.327. The summed E-state index contributed by atoms with van der Waals surface area (Å²) in [5, 5.41) is 2.85. The van der Waals surface area contributed by atoms with Gasteiger partial charge in [-0.3, -0.25) is 14.8 Å². The van der Waals surface area contributed by atoms with E-state index in [1.165, 1.54) is 10.1 Å². The third-order valence-electron chi connectivity index (χ3n) is 4.49. The fourth-order valence-electron chi connectivity index (χ4n) is 3.38. The summed E-state index contributed by atoms with van der Waals surface area (Å²) in [6.45, 7) is 2.35. The van der Waals surface area contributed by atoms with Crippen LogP contribution in [0.2, 0.25) is 0 Å². The molecule has 0 unspecified atom stereocenters. The van der Waals surface area contributed by atoms with Crippen LogP contribution in [-0.2, 0) is 6.54 Å². The van der Waals surface area contributed by atoms with Crippen LogP contribution in [0, 0.1) is 0 Å². The Labute approximate surface area is 145 Å². The number of fused-ring (bicyclic) bond motifs is 1. The molecule has 0 amide bonds. The number of likely N-dealkylation sites (tertiary alicyclic amines) is 1. The first kappa shape index (κ1) is 16.7. The Bertz CT molecular complexity index is 875. The molecule has 2 aromatic heterocycles. The molecule has 1 saturated heterocycles. The van der Waals surface area contributed by atoms with Crippen LogP contribution in [0.15, 0.2) is 53.5 Å². The van der Waals surface area contributed by atoms with Gasteiger partial charge in [0.05, 0.1) is 5.69 Å². The van der Waals surface area contributed by atoms with E-state index in [9.17, 15) is 4.79 Å². The topological polar surface area (TPSA) is 79.4 Å². The van der Waals surface area contributed by atoms with Crippen molar-refractivity contribution in [2.45, 2.75) is 18.5 Å². The first-order valence-corrected chi connectivity index (χ1v) is 7.79. The monoisotopic (exact) mass is 345 g/mol. The lowest BCUT2D eigenvalue weighted by Crippen LogP contribution is -2.29. The summed E-state index contributed by atoms with van der Waals surface area (Å²) in [6, 6.07) is 13.9. The van der Waals surface area contributed by atoms with Crippen molar-refractivity contribution < 1.29 is 0 Å². The molecule has 3 aromatic rings. The molecule has 0 bridgehead atoms. The molecule has 1 aromatic carbocycles. The zero-order chi connectivity index (χ0) is 15.8. The van der Waals surface area contributed by atoms with Gasteiger partial charge in [-0.25, -0.2) is 9.50 Å². The van der Waals surface area contributed by atoms with Crippen LogP contribution < -0.4 is 11.3 Å². The Balaban J connectivity index is 0.00000169. The van der Waals surface area contributed by atoms with E-state index in [2.05, 4.69) is 27.1 Å². The first-order valence-electron chi connectivity index (χ1n) is 7.79. The van der Waals surface area contributed by atoms with Crippen molar-refractivity contribution in [3.05, 3.63) is 70.3 Å². The van der Waals surface area contributed by atoms with Gasteiger partial charge >= 0.3 is 0 Å². The molecular formula is C17H20ClN5O. The molecule has 7 heteroatoms. The van der Waals surface area contributed by atoms with Gasteiger partial charge in [0.2, 0.25) is 0 Å². The van der Waals surface area contributed by atoms with Crippen molar-refractivity contribution in [3.63, 3.8) is 0 Å². The van der Waals surface area contributed by atoms with E-state index in [0.29, 0.717) is 18.1 Å². The molecule has 3 N–H and O–H groups in total. The van der Waals surface area contributed by atoms with Gasteiger partial charge < -0.3 is 5.73 Å². The predicted molar refractivity (Wildman–Crippen MR) is 95.5 cm³/mol. The Morgan fingerprint density at radius 3 is 2.79 bits per heavy atom. The van der Waals surface area contributed by atoms with E-state index in [-0.39, 0.29) is 24.0 Å². The highest BCUT2D eigenvalue weighted by atomic mass is 35.5. The number of halogens is 1. The largest absolute Gasteiger partial charge is 0.326 e. The molecule has 1 aliphatic heterocycles. The van der Waals surface area contributed by atoms with Crippen molar-refractivity contribution in [1.29, 1.82) is 0 Å².